The average Bonchev–Trinajstić information content (AvgIpc) is 2.19. The number of carboxylic acid groups (broad SMARTS) is 1. The zero-order valence-corrected chi connectivity index (χ0v) is 7.97. The average molecular weight is 195 g/mol. The van der Waals surface area contributed by atoms with Gasteiger partial charge in [0, 0.05) is 18.8 Å². The molecule has 0 saturated heterocycles. The Bertz CT molecular complexity index is 310. The van der Waals surface area contributed by atoms with Gasteiger partial charge in [-0.25, -0.2) is 9.97 Å². The number of rotatable bonds is 4. The van der Waals surface area contributed by atoms with Crippen molar-refractivity contribution in [1.29, 1.82) is 0 Å². The smallest absolute Gasteiger partial charge is 0.320 e. The van der Waals surface area contributed by atoms with E-state index in [0.717, 1.165) is 12.0 Å². The van der Waals surface area contributed by atoms with Crippen molar-refractivity contribution >= 4 is 5.97 Å². The topological polar surface area (TPSA) is 89.1 Å². The minimum Gasteiger partial charge on any atom is -0.480 e. The summed E-state index contributed by atoms with van der Waals surface area (Å²) >= 11 is 0. The van der Waals surface area contributed by atoms with E-state index in [9.17, 15) is 4.79 Å². The molecule has 1 unspecified atom stereocenters. The molecule has 0 fully saturated rings. The van der Waals surface area contributed by atoms with Gasteiger partial charge in [0.05, 0.1) is 0 Å². The quantitative estimate of drug-likeness (QED) is 0.705. The third kappa shape index (κ3) is 2.77. The zero-order valence-electron chi connectivity index (χ0n) is 7.97. The molecule has 0 saturated carbocycles. The molecule has 0 spiro atoms. The van der Waals surface area contributed by atoms with E-state index in [2.05, 4.69) is 9.97 Å². The molecular weight excluding hydrogens is 182 g/mol. The molecule has 0 bridgehead atoms. The van der Waals surface area contributed by atoms with E-state index in [1.54, 1.807) is 12.4 Å². The third-order valence-electron chi connectivity index (χ3n) is 1.89. The Kier molecular flexibility index (Phi) is 3.53. The summed E-state index contributed by atoms with van der Waals surface area (Å²) in [5.74, 6) is -0.565. The minimum atomic E-state index is -1.03. The van der Waals surface area contributed by atoms with Crippen LogP contribution in [0.25, 0.3) is 0 Å². The van der Waals surface area contributed by atoms with Crippen molar-refractivity contribution in [2.24, 2.45) is 5.73 Å². The van der Waals surface area contributed by atoms with Gasteiger partial charge in [-0.2, -0.15) is 0 Å². The first kappa shape index (κ1) is 10.6. The molecule has 3 N–H and O–H groups in total. The van der Waals surface area contributed by atoms with Crippen molar-refractivity contribution in [2.75, 3.05) is 0 Å². The molecule has 0 aliphatic carbocycles. The van der Waals surface area contributed by atoms with Gasteiger partial charge >= 0.3 is 5.97 Å². The largest absolute Gasteiger partial charge is 0.480 e. The highest BCUT2D eigenvalue weighted by atomic mass is 16.4. The highest BCUT2D eigenvalue weighted by molar-refractivity contribution is 5.73. The van der Waals surface area contributed by atoms with Gasteiger partial charge in [0.1, 0.15) is 11.9 Å². The summed E-state index contributed by atoms with van der Waals surface area (Å²) in [4.78, 5) is 18.5. The Morgan fingerprint density at radius 1 is 1.57 bits per heavy atom. The number of hydrogen-bond acceptors (Lipinski definition) is 4. The molecule has 1 heterocycles. The highest BCUT2D eigenvalue weighted by Gasteiger charge is 2.13. The Balaban J connectivity index is 2.64. The number of aliphatic carboxylic acids is 1. The van der Waals surface area contributed by atoms with Crippen LogP contribution in [0.15, 0.2) is 12.4 Å². The molecule has 0 aliphatic heterocycles. The third-order valence-corrected chi connectivity index (χ3v) is 1.89. The Morgan fingerprint density at radius 2 is 2.14 bits per heavy atom. The molecule has 0 radical (unpaired) electrons. The molecule has 5 heteroatoms. The van der Waals surface area contributed by atoms with E-state index < -0.39 is 12.0 Å². The molecule has 5 nitrogen and oxygen atoms in total. The van der Waals surface area contributed by atoms with Crippen LogP contribution in [0, 0.1) is 0 Å². The number of carbonyl (C=O) groups is 1. The number of aromatic nitrogens is 2. The second-order valence-electron chi connectivity index (χ2n) is 3.01. The van der Waals surface area contributed by atoms with Crippen LogP contribution in [0.4, 0.5) is 0 Å². The van der Waals surface area contributed by atoms with Crippen LogP contribution in [0.3, 0.4) is 0 Å². The molecule has 0 aliphatic rings. The first-order valence-electron chi connectivity index (χ1n) is 4.41. The highest BCUT2D eigenvalue weighted by Crippen LogP contribution is 1.99. The van der Waals surface area contributed by atoms with Gasteiger partial charge in [-0.1, -0.05) is 6.92 Å². The lowest BCUT2D eigenvalue weighted by Crippen LogP contribution is -2.32. The zero-order chi connectivity index (χ0) is 10.6. The van der Waals surface area contributed by atoms with Gasteiger partial charge < -0.3 is 10.8 Å². The molecule has 14 heavy (non-hydrogen) atoms. The van der Waals surface area contributed by atoms with Gasteiger partial charge in [0.2, 0.25) is 0 Å². The second-order valence-corrected chi connectivity index (χ2v) is 3.01. The molecule has 1 atom stereocenters. The fourth-order valence-corrected chi connectivity index (χ4v) is 0.954. The van der Waals surface area contributed by atoms with Crippen LogP contribution in [0.1, 0.15) is 18.3 Å². The van der Waals surface area contributed by atoms with Crippen molar-refractivity contribution in [3.05, 3.63) is 23.8 Å². The van der Waals surface area contributed by atoms with E-state index in [1.807, 2.05) is 6.92 Å². The maximum Gasteiger partial charge on any atom is 0.320 e. The van der Waals surface area contributed by atoms with E-state index >= 15 is 0 Å². The van der Waals surface area contributed by atoms with E-state index in [-0.39, 0.29) is 6.42 Å². The molecule has 0 amide bonds. The Hall–Kier alpha value is -1.49. The normalized spacial score (nSPS) is 12.4. The first-order chi connectivity index (χ1) is 6.63. The van der Waals surface area contributed by atoms with Gasteiger partial charge in [-0.05, 0) is 12.0 Å². The molecular formula is C9H13N3O2. The molecule has 76 valence electrons. The summed E-state index contributed by atoms with van der Waals surface area (Å²) in [5.41, 5.74) is 6.37. The minimum absolute atomic E-state index is 0.166. The lowest BCUT2D eigenvalue weighted by Gasteiger charge is -2.04. The van der Waals surface area contributed by atoms with Crippen LogP contribution in [0.2, 0.25) is 0 Å². The van der Waals surface area contributed by atoms with Gasteiger partial charge in [0.25, 0.3) is 0 Å². The van der Waals surface area contributed by atoms with Crippen molar-refractivity contribution in [2.45, 2.75) is 25.8 Å². The number of nitrogens with zero attached hydrogens (tertiary/aromatic N) is 2. The number of aryl methyl sites for hydroxylation is 1. The van der Waals surface area contributed by atoms with Gasteiger partial charge in [-0.3, -0.25) is 4.79 Å². The summed E-state index contributed by atoms with van der Waals surface area (Å²) in [5, 5.41) is 8.56. The first-order valence-corrected chi connectivity index (χ1v) is 4.41. The molecule has 1 rings (SSSR count). The fourth-order valence-electron chi connectivity index (χ4n) is 0.954. The fraction of sp³-hybridized carbons (Fsp3) is 0.444. The number of carboxylic acids is 1. The maximum atomic E-state index is 10.4. The second kappa shape index (κ2) is 4.66. The van der Waals surface area contributed by atoms with Crippen molar-refractivity contribution in [3.63, 3.8) is 0 Å². The summed E-state index contributed by atoms with van der Waals surface area (Å²) in [6, 6.07) is -0.928. The number of nitrogens with two attached hydrogens (primary N) is 1. The molecule has 1 aromatic rings. The van der Waals surface area contributed by atoms with E-state index in [0.29, 0.717) is 5.82 Å². The van der Waals surface area contributed by atoms with Crippen LogP contribution in [-0.2, 0) is 17.6 Å². The molecule has 0 aromatic carbocycles. The monoisotopic (exact) mass is 195 g/mol. The number of hydrogen-bond donors (Lipinski definition) is 2. The van der Waals surface area contributed by atoms with Gasteiger partial charge in [0.15, 0.2) is 0 Å². The van der Waals surface area contributed by atoms with Crippen molar-refractivity contribution < 1.29 is 9.90 Å². The van der Waals surface area contributed by atoms with E-state index in [1.165, 1.54) is 0 Å². The summed E-state index contributed by atoms with van der Waals surface area (Å²) in [7, 11) is 0. The van der Waals surface area contributed by atoms with Crippen LogP contribution < -0.4 is 5.73 Å². The maximum absolute atomic E-state index is 10.4. The van der Waals surface area contributed by atoms with Crippen LogP contribution >= 0.6 is 0 Å². The predicted molar refractivity (Wildman–Crippen MR) is 50.7 cm³/mol. The van der Waals surface area contributed by atoms with Crippen molar-refractivity contribution in [3.8, 4) is 0 Å². The lowest BCUT2D eigenvalue weighted by molar-refractivity contribution is -0.138. The Morgan fingerprint density at radius 3 is 2.57 bits per heavy atom. The van der Waals surface area contributed by atoms with Crippen LogP contribution in [0.5, 0.6) is 0 Å². The lowest BCUT2D eigenvalue weighted by atomic mass is 10.2. The standard InChI is InChI=1S/C9H13N3O2/c1-2-6-4-11-8(12-5-6)3-7(10)9(13)14/h4-5,7H,2-3,10H2,1H3,(H,13,14). The SMILES string of the molecule is CCc1cnc(CC(N)C(=O)O)nc1. The summed E-state index contributed by atoms with van der Waals surface area (Å²) < 4.78 is 0. The predicted octanol–water partition coefficient (Wildman–Crippen LogP) is -0.00660. The molecule has 1 aromatic heterocycles. The van der Waals surface area contributed by atoms with E-state index in [4.69, 9.17) is 10.8 Å². The summed E-state index contributed by atoms with van der Waals surface area (Å²) in [6.07, 6.45) is 4.42. The van der Waals surface area contributed by atoms with Gasteiger partial charge in [-0.15, -0.1) is 0 Å². The summed E-state index contributed by atoms with van der Waals surface area (Å²) in [6.45, 7) is 2.00. The van der Waals surface area contributed by atoms with Crippen LogP contribution in [-0.4, -0.2) is 27.1 Å². The van der Waals surface area contributed by atoms with Crippen molar-refractivity contribution in [1.82, 2.24) is 9.97 Å². The Labute approximate surface area is 82.0 Å².